The van der Waals surface area contributed by atoms with E-state index >= 15 is 0 Å². The van der Waals surface area contributed by atoms with Crippen molar-refractivity contribution in [3.8, 4) is 11.7 Å². The Morgan fingerprint density at radius 1 is 1.29 bits per heavy atom. The molecule has 2 aromatic heterocycles. The number of aryl methyl sites for hydroxylation is 2. The van der Waals surface area contributed by atoms with Gasteiger partial charge in [-0.25, -0.2) is 4.79 Å². The fourth-order valence-corrected chi connectivity index (χ4v) is 2.34. The van der Waals surface area contributed by atoms with Gasteiger partial charge in [-0.1, -0.05) is 17.7 Å². The summed E-state index contributed by atoms with van der Waals surface area (Å²) in [7, 11) is 0. The van der Waals surface area contributed by atoms with Crippen LogP contribution in [0.15, 0.2) is 50.2 Å². The van der Waals surface area contributed by atoms with E-state index in [0.29, 0.717) is 11.4 Å². The van der Waals surface area contributed by atoms with Gasteiger partial charge in [0.1, 0.15) is 6.04 Å². The van der Waals surface area contributed by atoms with E-state index in [0.717, 1.165) is 15.8 Å². The molecular weight excluding hydrogens is 310 g/mol. The summed E-state index contributed by atoms with van der Waals surface area (Å²) in [6, 6.07) is 8.16. The Morgan fingerprint density at radius 2 is 2.08 bits per heavy atom. The second-order valence-corrected chi connectivity index (χ2v) is 5.58. The lowest BCUT2D eigenvalue weighted by molar-refractivity contribution is -0.119. The predicted octanol–water partition coefficient (Wildman–Crippen LogP) is 2.91. The second kappa shape index (κ2) is 6.19. The highest BCUT2D eigenvalue weighted by molar-refractivity contribution is 5.94. The normalized spacial score (nSPS) is 12.1. The van der Waals surface area contributed by atoms with Gasteiger partial charge in [-0.15, -0.1) is 5.10 Å². The number of carbonyl (C=O) groups is 1. The van der Waals surface area contributed by atoms with E-state index in [1.807, 2.05) is 32.0 Å². The van der Waals surface area contributed by atoms with E-state index in [9.17, 15) is 9.59 Å². The summed E-state index contributed by atoms with van der Waals surface area (Å²) < 4.78 is 11.2. The fraction of sp³-hybridized carbons (Fsp3) is 0.235. The Labute approximate surface area is 137 Å². The molecule has 24 heavy (non-hydrogen) atoms. The Hall–Kier alpha value is -3.09. The van der Waals surface area contributed by atoms with Crippen LogP contribution in [0.3, 0.4) is 0 Å². The van der Waals surface area contributed by atoms with Crippen molar-refractivity contribution in [1.82, 2.24) is 9.78 Å². The average Bonchev–Trinajstić information content (AvgIpc) is 3.18. The number of benzene rings is 1. The molecule has 2 heterocycles. The molecule has 7 nitrogen and oxygen atoms in total. The number of nitrogens with one attached hydrogen (secondary N) is 1. The number of amides is 1. The molecule has 1 atom stereocenters. The van der Waals surface area contributed by atoms with Crippen LogP contribution >= 0.6 is 0 Å². The molecule has 0 bridgehead atoms. The topological polar surface area (TPSA) is 90.3 Å². The number of nitrogens with zero attached hydrogens (tertiary/aromatic N) is 2. The van der Waals surface area contributed by atoms with Gasteiger partial charge in [-0.2, -0.15) is 4.68 Å². The van der Waals surface area contributed by atoms with Gasteiger partial charge in [0.2, 0.25) is 5.91 Å². The molecule has 0 radical (unpaired) electrons. The van der Waals surface area contributed by atoms with E-state index < -0.39 is 11.8 Å². The third-order valence-corrected chi connectivity index (χ3v) is 3.69. The molecule has 0 saturated carbocycles. The maximum Gasteiger partial charge on any atom is 0.438 e. The van der Waals surface area contributed by atoms with Crippen molar-refractivity contribution in [2.45, 2.75) is 26.8 Å². The molecule has 1 amide bonds. The van der Waals surface area contributed by atoms with Crippen molar-refractivity contribution in [2.75, 3.05) is 5.32 Å². The highest BCUT2D eigenvalue weighted by Gasteiger charge is 2.22. The molecule has 0 spiro atoms. The second-order valence-electron chi connectivity index (χ2n) is 5.58. The number of rotatable bonds is 4. The van der Waals surface area contributed by atoms with Gasteiger partial charge < -0.3 is 14.2 Å². The first-order valence-electron chi connectivity index (χ1n) is 7.47. The molecule has 0 aliphatic carbocycles. The van der Waals surface area contributed by atoms with Crippen LogP contribution in [-0.2, 0) is 4.79 Å². The van der Waals surface area contributed by atoms with E-state index in [1.54, 1.807) is 19.1 Å². The lowest BCUT2D eigenvalue weighted by atomic mass is 10.1. The summed E-state index contributed by atoms with van der Waals surface area (Å²) >= 11 is 0. The van der Waals surface area contributed by atoms with Gasteiger partial charge in [-0.05, 0) is 44.5 Å². The highest BCUT2D eigenvalue weighted by atomic mass is 16.4. The van der Waals surface area contributed by atoms with Gasteiger partial charge in [0.15, 0.2) is 5.76 Å². The number of furan rings is 1. The zero-order valence-corrected chi connectivity index (χ0v) is 13.6. The van der Waals surface area contributed by atoms with Crippen molar-refractivity contribution in [3.05, 3.63) is 58.3 Å². The quantitative estimate of drug-likeness (QED) is 0.795. The SMILES string of the molecule is Cc1ccc(NC(=O)C(C)n2nc(-c3ccco3)oc2=O)c(C)c1. The largest absolute Gasteiger partial charge is 0.459 e. The van der Waals surface area contributed by atoms with Crippen LogP contribution in [0.2, 0.25) is 0 Å². The summed E-state index contributed by atoms with van der Waals surface area (Å²) in [6.07, 6.45) is 1.45. The Morgan fingerprint density at radius 3 is 2.75 bits per heavy atom. The lowest BCUT2D eigenvalue weighted by Gasteiger charge is -2.13. The maximum absolute atomic E-state index is 12.4. The van der Waals surface area contributed by atoms with Gasteiger partial charge >= 0.3 is 5.76 Å². The first-order chi connectivity index (χ1) is 11.5. The molecule has 1 aromatic carbocycles. The first-order valence-corrected chi connectivity index (χ1v) is 7.47. The summed E-state index contributed by atoms with van der Waals surface area (Å²) in [5, 5.41) is 6.84. The van der Waals surface area contributed by atoms with E-state index in [2.05, 4.69) is 10.4 Å². The number of anilines is 1. The van der Waals surface area contributed by atoms with E-state index in [1.165, 1.54) is 6.26 Å². The molecule has 0 saturated heterocycles. The molecule has 1 N–H and O–H groups in total. The van der Waals surface area contributed by atoms with Crippen molar-refractivity contribution in [1.29, 1.82) is 0 Å². The Bertz CT molecular complexity index is 922. The lowest BCUT2D eigenvalue weighted by Crippen LogP contribution is -2.30. The van der Waals surface area contributed by atoms with Crippen LogP contribution in [0.25, 0.3) is 11.7 Å². The molecular formula is C17H17N3O4. The molecule has 0 fully saturated rings. The average molecular weight is 327 g/mol. The van der Waals surface area contributed by atoms with Crippen molar-refractivity contribution >= 4 is 11.6 Å². The summed E-state index contributed by atoms with van der Waals surface area (Å²) in [5.41, 5.74) is 2.74. The van der Waals surface area contributed by atoms with Crippen LogP contribution in [0, 0.1) is 13.8 Å². The van der Waals surface area contributed by atoms with Gasteiger partial charge in [0.05, 0.1) is 6.26 Å². The van der Waals surface area contributed by atoms with Crippen LogP contribution in [0.1, 0.15) is 24.1 Å². The number of carbonyl (C=O) groups excluding carboxylic acids is 1. The molecule has 7 heteroatoms. The minimum Gasteiger partial charge on any atom is -0.459 e. The minimum absolute atomic E-state index is 0.0381. The van der Waals surface area contributed by atoms with Crippen molar-refractivity contribution in [2.24, 2.45) is 0 Å². The standard InChI is InChI=1S/C17H17N3O4/c1-10-6-7-13(11(2)9-10)18-15(21)12(3)20-17(22)24-16(19-20)14-5-4-8-23-14/h4-9,12H,1-3H3,(H,18,21). The summed E-state index contributed by atoms with van der Waals surface area (Å²) in [4.78, 5) is 24.4. The van der Waals surface area contributed by atoms with Crippen LogP contribution in [0.5, 0.6) is 0 Å². The molecule has 3 aromatic rings. The Balaban J connectivity index is 1.82. The fourth-order valence-electron chi connectivity index (χ4n) is 2.34. The number of hydrogen-bond acceptors (Lipinski definition) is 5. The van der Waals surface area contributed by atoms with Crippen LogP contribution < -0.4 is 11.1 Å². The predicted molar refractivity (Wildman–Crippen MR) is 87.7 cm³/mol. The molecule has 0 aliphatic rings. The van der Waals surface area contributed by atoms with Gasteiger partial charge in [0, 0.05) is 5.69 Å². The van der Waals surface area contributed by atoms with Gasteiger partial charge in [0.25, 0.3) is 5.89 Å². The third kappa shape index (κ3) is 3.01. The zero-order chi connectivity index (χ0) is 17.3. The minimum atomic E-state index is -0.828. The monoisotopic (exact) mass is 327 g/mol. The summed E-state index contributed by atoms with van der Waals surface area (Å²) in [5.74, 6) is -0.711. The van der Waals surface area contributed by atoms with Crippen molar-refractivity contribution in [3.63, 3.8) is 0 Å². The van der Waals surface area contributed by atoms with E-state index in [-0.39, 0.29) is 11.8 Å². The smallest absolute Gasteiger partial charge is 0.438 e. The van der Waals surface area contributed by atoms with Crippen molar-refractivity contribution < 1.29 is 13.6 Å². The first kappa shape index (κ1) is 15.8. The zero-order valence-electron chi connectivity index (χ0n) is 13.6. The summed E-state index contributed by atoms with van der Waals surface area (Å²) in [6.45, 7) is 5.46. The third-order valence-electron chi connectivity index (χ3n) is 3.69. The number of aromatic nitrogens is 2. The Kier molecular flexibility index (Phi) is 4.07. The maximum atomic E-state index is 12.4. The van der Waals surface area contributed by atoms with Crippen LogP contribution in [-0.4, -0.2) is 15.7 Å². The molecule has 0 aliphatic heterocycles. The van der Waals surface area contributed by atoms with Crippen LogP contribution in [0.4, 0.5) is 5.69 Å². The molecule has 124 valence electrons. The highest BCUT2D eigenvalue weighted by Crippen LogP contribution is 2.19. The molecule has 3 rings (SSSR count). The van der Waals surface area contributed by atoms with Gasteiger partial charge in [-0.3, -0.25) is 4.79 Å². The number of hydrogen-bond donors (Lipinski definition) is 1. The van der Waals surface area contributed by atoms with E-state index in [4.69, 9.17) is 8.83 Å². The molecule has 1 unspecified atom stereocenters.